The molecule has 2 N–H and O–H groups in total. The van der Waals surface area contributed by atoms with Crippen LogP contribution in [0.1, 0.15) is 36.9 Å². The van der Waals surface area contributed by atoms with E-state index in [0.29, 0.717) is 0 Å². The Hall–Kier alpha value is -3.82. The minimum atomic E-state index is -1.05. The molecule has 31 heavy (non-hydrogen) atoms. The number of ether oxygens (including phenoxy) is 1. The van der Waals surface area contributed by atoms with E-state index in [0.717, 1.165) is 31.4 Å². The molecule has 0 aliphatic heterocycles. The maximum absolute atomic E-state index is 13.3. The number of hydrogen-bond donors (Lipinski definition) is 2. The number of anilines is 3. The van der Waals surface area contributed by atoms with Gasteiger partial charge < -0.3 is 19.8 Å². The summed E-state index contributed by atoms with van der Waals surface area (Å²) in [5, 5.41) is 12.4. The molecule has 8 nitrogen and oxygen atoms in total. The van der Waals surface area contributed by atoms with E-state index in [4.69, 9.17) is 9.15 Å². The van der Waals surface area contributed by atoms with Gasteiger partial charge >= 0.3 is 23.8 Å². The molecular formula is C21H18F2N4O4. The van der Waals surface area contributed by atoms with Crippen LogP contribution in [-0.4, -0.2) is 22.1 Å². The molecule has 0 radical (unpaired) electrons. The normalized spacial score (nSPS) is 14.4. The summed E-state index contributed by atoms with van der Waals surface area (Å²) in [7, 11) is 0. The van der Waals surface area contributed by atoms with Crippen LogP contribution in [0.5, 0.6) is 5.75 Å². The number of halogens is 2. The molecule has 10 heteroatoms. The number of rotatable bonds is 6. The summed E-state index contributed by atoms with van der Waals surface area (Å²) < 4.78 is 37.0. The van der Waals surface area contributed by atoms with Crippen molar-refractivity contribution in [1.82, 2.24) is 10.2 Å². The van der Waals surface area contributed by atoms with Gasteiger partial charge in [0.2, 0.25) is 0 Å². The molecule has 1 amide bonds. The maximum Gasteiger partial charge on any atom is 0.320 e. The second-order valence-corrected chi connectivity index (χ2v) is 7.42. The van der Waals surface area contributed by atoms with Crippen molar-refractivity contribution in [3.8, 4) is 5.75 Å². The molecule has 1 aliphatic carbocycles. The van der Waals surface area contributed by atoms with Crippen LogP contribution in [0.4, 0.5) is 26.2 Å². The van der Waals surface area contributed by atoms with Gasteiger partial charge in [0.15, 0.2) is 17.4 Å². The molecule has 0 atom stereocenters. The minimum absolute atomic E-state index is 0.163. The van der Waals surface area contributed by atoms with Crippen molar-refractivity contribution < 1.29 is 27.5 Å². The van der Waals surface area contributed by atoms with Crippen LogP contribution in [0, 0.1) is 17.0 Å². The third kappa shape index (κ3) is 4.37. The highest BCUT2D eigenvalue weighted by Crippen LogP contribution is 2.42. The van der Waals surface area contributed by atoms with Crippen molar-refractivity contribution in [3.63, 3.8) is 0 Å². The third-order valence-electron chi connectivity index (χ3n) is 5.08. The van der Waals surface area contributed by atoms with Gasteiger partial charge in [-0.25, -0.2) is 8.78 Å². The first-order chi connectivity index (χ1) is 14.8. The first-order valence-corrected chi connectivity index (χ1v) is 9.52. The number of nitrogens with zero attached hydrogens (tertiary/aromatic N) is 2. The van der Waals surface area contributed by atoms with Crippen molar-refractivity contribution in [2.24, 2.45) is 5.41 Å². The van der Waals surface area contributed by atoms with E-state index in [-0.39, 0.29) is 35.0 Å². The second kappa shape index (κ2) is 8.13. The number of nitrogens with one attached hydrogen (secondary N) is 2. The van der Waals surface area contributed by atoms with Crippen LogP contribution in [0.3, 0.4) is 0 Å². The molecule has 1 saturated carbocycles. The van der Waals surface area contributed by atoms with Crippen molar-refractivity contribution in [2.75, 3.05) is 10.6 Å². The number of amides is 1. The van der Waals surface area contributed by atoms with Crippen LogP contribution in [-0.2, 0) is 4.79 Å². The largest absolute Gasteiger partial charge is 0.424 e. The van der Waals surface area contributed by atoms with E-state index in [1.807, 2.05) is 6.92 Å². The van der Waals surface area contributed by atoms with Gasteiger partial charge in [0.25, 0.3) is 0 Å². The van der Waals surface area contributed by atoms with Gasteiger partial charge in [-0.1, -0.05) is 23.7 Å². The number of aromatic nitrogens is 2. The third-order valence-corrected chi connectivity index (χ3v) is 5.08. The van der Waals surface area contributed by atoms with Gasteiger partial charge in [0.05, 0.1) is 11.1 Å². The van der Waals surface area contributed by atoms with E-state index in [1.165, 1.54) is 6.07 Å². The smallest absolute Gasteiger partial charge is 0.320 e. The Bertz CT molecular complexity index is 1140. The summed E-state index contributed by atoms with van der Waals surface area (Å²) in [6.07, 6.45) is 2.49. The van der Waals surface area contributed by atoms with Crippen LogP contribution in [0.15, 0.2) is 46.9 Å². The average molecular weight is 428 g/mol. The lowest BCUT2D eigenvalue weighted by Crippen LogP contribution is -2.38. The first kappa shape index (κ1) is 20.5. The Balaban J connectivity index is 1.44. The van der Waals surface area contributed by atoms with Crippen molar-refractivity contribution in [1.29, 1.82) is 0 Å². The highest BCUT2D eigenvalue weighted by molar-refractivity contribution is 6.02. The second-order valence-electron chi connectivity index (χ2n) is 7.42. The number of carbonyl (C=O) groups is 2. The summed E-state index contributed by atoms with van der Waals surface area (Å²) in [5.41, 5.74) is -0.0855. The van der Waals surface area contributed by atoms with Gasteiger partial charge in [-0.3, -0.25) is 9.59 Å². The number of carbonyl (C=O) groups excluding carboxylic acids is 2. The van der Waals surface area contributed by atoms with Crippen LogP contribution in [0.25, 0.3) is 0 Å². The molecule has 4 rings (SSSR count). The number of hydrogen-bond acceptors (Lipinski definition) is 7. The molecular weight excluding hydrogens is 410 g/mol. The fourth-order valence-electron chi connectivity index (χ4n) is 3.03. The summed E-state index contributed by atoms with van der Waals surface area (Å²) >= 11 is 0. The lowest BCUT2D eigenvalue weighted by Gasteiger charge is -2.35. The average Bonchev–Trinajstić information content (AvgIpc) is 3.19. The lowest BCUT2D eigenvalue weighted by molar-refractivity contribution is -0.149. The van der Waals surface area contributed by atoms with Gasteiger partial charge in [-0.2, -0.15) is 0 Å². The monoisotopic (exact) mass is 428 g/mol. The molecule has 2 aromatic carbocycles. The zero-order chi connectivity index (χ0) is 22.0. The highest BCUT2D eigenvalue weighted by Gasteiger charge is 2.41. The van der Waals surface area contributed by atoms with E-state index in [1.54, 1.807) is 24.3 Å². The topological polar surface area (TPSA) is 106 Å². The van der Waals surface area contributed by atoms with Gasteiger partial charge in [-0.15, -0.1) is 5.10 Å². The lowest BCUT2D eigenvalue weighted by atomic mass is 9.70. The van der Waals surface area contributed by atoms with Crippen molar-refractivity contribution >= 4 is 29.3 Å². The summed E-state index contributed by atoms with van der Waals surface area (Å²) in [5.74, 6) is -3.31. The summed E-state index contributed by atoms with van der Waals surface area (Å²) in [6.45, 7) is 1.85. The molecule has 0 bridgehead atoms. The molecule has 3 aromatic rings. The molecule has 1 aliphatic rings. The summed E-state index contributed by atoms with van der Waals surface area (Å²) in [4.78, 5) is 24.9. The zero-order valence-corrected chi connectivity index (χ0v) is 16.4. The molecule has 0 saturated heterocycles. The number of para-hydroxylation sites is 2. The molecule has 0 unspecified atom stereocenters. The van der Waals surface area contributed by atoms with E-state index < -0.39 is 23.0 Å². The fourth-order valence-corrected chi connectivity index (χ4v) is 3.03. The minimum Gasteiger partial charge on any atom is -0.424 e. The maximum atomic E-state index is 13.3. The molecule has 160 valence electrons. The van der Waals surface area contributed by atoms with Crippen molar-refractivity contribution in [3.05, 3.63) is 60.0 Å². The van der Waals surface area contributed by atoms with Gasteiger partial charge in [-0.05, 0) is 44.0 Å². The molecule has 0 spiro atoms. The van der Waals surface area contributed by atoms with E-state index in [9.17, 15) is 18.4 Å². The van der Waals surface area contributed by atoms with Gasteiger partial charge in [0.1, 0.15) is 0 Å². The molecule has 1 fully saturated rings. The van der Waals surface area contributed by atoms with Crippen LogP contribution < -0.4 is 15.4 Å². The van der Waals surface area contributed by atoms with E-state index in [2.05, 4.69) is 20.8 Å². The summed E-state index contributed by atoms with van der Waals surface area (Å²) in [6, 6.07) is 9.42. The number of benzene rings is 2. The Morgan fingerprint density at radius 3 is 2.58 bits per heavy atom. The Morgan fingerprint density at radius 2 is 1.87 bits per heavy atom. The standard InChI is InChI=1S/C21H18F2N4O4/c1-21(9-4-10-21)19(29)30-16-6-3-2-5-15(16)25-17(28)18-26-27-20(31-18)24-12-7-8-13(22)14(23)11-12/h2-3,5-8,11H,4,9-10H2,1H3,(H,24,27)(H,25,28). The van der Waals surface area contributed by atoms with E-state index >= 15 is 0 Å². The Morgan fingerprint density at radius 1 is 1.10 bits per heavy atom. The Labute approximate surface area is 175 Å². The highest BCUT2D eigenvalue weighted by atomic mass is 19.2. The van der Waals surface area contributed by atoms with Crippen molar-refractivity contribution in [2.45, 2.75) is 26.2 Å². The first-order valence-electron chi connectivity index (χ1n) is 9.52. The zero-order valence-electron chi connectivity index (χ0n) is 16.4. The quantitative estimate of drug-likeness (QED) is 0.442. The predicted octanol–water partition coefficient (Wildman–Crippen LogP) is 4.44. The number of esters is 1. The Kier molecular flexibility index (Phi) is 5.37. The van der Waals surface area contributed by atoms with Gasteiger partial charge in [0, 0.05) is 11.8 Å². The fraction of sp³-hybridized carbons (Fsp3) is 0.238. The SMILES string of the molecule is CC1(C(=O)Oc2ccccc2NC(=O)c2nnc(Nc3ccc(F)c(F)c3)o2)CCC1. The molecule has 1 aromatic heterocycles. The van der Waals surface area contributed by atoms with Crippen LogP contribution >= 0.6 is 0 Å². The van der Waals surface area contributed by atoms with Crippen LogP contribution in [0.2, 0.25) is 0 Å². The molecule has 1 heterocycles. The predicted molar refractivity (Wildman–Crippen MR) is 106 cm³/mol.